The van der Waals surface area contributed by atoms with Crippen LogP contribution in [0.1, 0.15) is 24.2 Å². The topological polar surface area (TPSA) is 48.4 Å². The first-order valence-electron chi connectivity index (χ1n) is 5.14. The standard InChI is InChI=1S/C11H13Cl2NO3/c1-3-16-6-7(2)17-11(15)8-4-10(13)14-5-9(8)12/h4-5,7H,3,6H2,1-2H3. The average Bonchev–Trinajstić information content (AvgIpc) is 2.29. The molecule has 1 aromatic rings. The van der Waals surface area contributed by atoms with Gasteiger partial charge >= 0.3 is 5.97 Å². The van der Waals surface area contributed by atoms with E-state index in [1.807, 2.05) is 6.92 Å². The molecule has 0 radical (unpaired) electrons. The van der Waals surface area contributed by atoms with E-state index in [4.69, 9.17) is 32.7 Å². The Bertz CT molecular complexity index is 398. The number of halogens is 2. The van der Waals surface area contributed by atoms with E-state index in [-0.39, 0.29) is 21.8 Å². The smallest absolute Gasteiger partial charge is 0.340 e. The van der Waals surface area contributed by atoms with Crippen LogP contribution >= 0.6 is 23.2 Å². The molecule has 0 bridgehead atoms. The molecule has 0 aliphatic rings. The second-order valence-corrected chi connectivity index (χ2v) is 4.16. The van der Waals surface area contributed by atoms with Crippen molar-refractivity contribution in [2.45, 2.75) is 20.0 Å². The number of aromatic nitrogens is 1. The zero-order valence-electron chi connectivity index (χ0n) is 9.57. The van der Waals surface area contributed by atoms with Crippen molar-refractivity contribution in [3.05, 3.63) is 28.0 Å². The zero-order chi connectivity index (χ0) is 12.8. The third kappa shape index (κ3) is 4.50. The molecule has 0 fully saturated rings. The third-order valence-corrected chi connectivity index (χ3v) is 2.41. The van der Waals surface area contributed by atoms with Crippen molar-refractivity contribution in [2.24, 2.45) is 0 Å². The maximum absolute atomic E-state index is 11.7. The molecule has 0 N–H and O–H groups in total. The van der Waals surface area contributed by atoms with E-state index in [1.165, 1.54) is 12.3 Å². The number of nitrogens with zero attached hydrogens (tertiary/aromatic N) is 1. The lowest BCUT2D eigenvalue weighted by molar-refractivity contribution is 0.00440. The van der Waals surface area contributed by atoms with Gasteiger partial charge in [-0.1, -0.05) is 23.2 Å². The predicted octanol–water partition coefficient (Wildman–Crippen LogP) is 2.97. The lowest BCUT2D eigenvalue weighted by Gasteiger charge is -2.13. The van der Waals surface area contributed by atoms with Gasteiger partial charge in [-0.2, -0.15) is 0 Å². The largest absolute Gasteiger partial charge is 0.457 e. The Morgan fingerprint density at radius 1 is 1.53 bits per heavy atom. The molecule has 4 nitrogen and oxygen atoms in total. The van der Waals surface area contributed by atoms with Gasteiger partial charge in [-0.25, -0.2) is 9.78 Å². The van der Waals surface area contributed by atoms with Crippen LogP contribution in [-0.4, -0.2) is 30.3 Å². The molecule has 1 heterocycles. The van der Waals surface area contributed by atoms with Gasteiger partial charge in [-0.15, -0.1) is 0 Å². The van der Waals surface area contributed by atoms with Gasteiger partial charge in [0, 0.05) is 12.8 Å². The summed E-state index contributed by atoms with van der Waals surface area (Å²) in [5.74, 6) is -0.536. The van der Waals surface area contributed by atoms with Crippen molar-refractivity contribution >= 4 is 29.2 Å². The second-order valence-electron chi connectivity index (χ2n) is 3.36. The van der Waals surface area contributed by atoms with Gasteiger partial charge in [-0.05, 0) is 19.9 Å². The van der Waals surface area contributed by atoms with Crippen LogP contribution in [0.5, 0.6) is 0 Å². The summed E-state index contributed by atoms with van der Waals surface area (Å²) in [4.78, 5) is 15.5. The molecule has 1 unspecified atom stereocenters. The first-order valence-corrected chi connectivity index (χ1v) is 5.90. The first-order chi connectivity index (χ1) is 8.04. The highest BCUT2D eigenvalue weighted by atomic mass is 35.5. The molecule has 6 heteroatoms. The van der Waals surface area contributed by atoms with Crippen molar-refractivity contribution < 1.29 is 14.3 Å². The monoisotopic (exact) mass is 277 g/mol. The van der Waals surface area contributed by atoms with Crippen LogP contribution in [0.2, 0.25) is 10.2 Å². The molecule has 0 amide bonds. The minimum absolute atomic E-state index is 0.193. The third-order valence-electron chi connectivity index (χ3n) is 1.91. The lowest BCUT2D eigenvalue weighted by atomic mass is 10.3. The first kappa shape index (κ1) is 14.2. The van der Waals surface area contributed by atoms with Crippen molar-refractivity contribution in [3.8, 4) is 0 Å². The van der Waals surface area contributed by atoms with Gasteiger partial charge in [0.05, 0.1) is 17.2 Å². The minimum Gasteiger partial charge on any atom is -0.457 e. The number of carbonyl (C=O) groups is 1. The molecular weight excluding hydrogens is 265 g/mol. The SMILES string of the molecule is CCOCC(C)OC(=O)c1cc(Cl)ncc1Cl. The highest BCUT2D eigenvalue weighted by Crippen LogP contribution is 2.19. The van der Waals surface area contributed by atoms with Gasteiger partial charge in [0.2, 0.25) is 0 Å². The summed E-state index contributed by atoms with van der Waals surface area (Å²) < 4.78 is 10.3. The molecule has 17 heavy (non-hydrogen) atoms. The Hall–Kier alpha value is -0.840. The number of pyridine rings is 1. The molecule has 0 aliphatic carbocycles. The van der Waals surface area contributed by atoms with Gasteiger partial charge in [-0.3, -0.25) is 0 Å². The van der Waals surface area contributed by atoms with E-state index >= 15 is 0 Å². The van der Waals surface area contributed by atoms with Gasteiger partial charge in [0.1, 0.15) is 11.3 Å². The van der Waals surface area contributed by atoms with E-state index < -0.39 is 5.97 Å². The fourth-order valence-electron chi connectivity index (χ4n) is 1.13. The number of hydrogen-bond donors (Lipinski definition) is 0. The maximum Gasteiger partial charge on any atom is 0.340 e. The zero-order valence-corrected chi connectivity index (χ0v) is 11.1. The minimum atomic E-state index is -0.536. The van der Waals surface area contributed by atoms with Gasteiger partial charge in [0.15, 0.2) is 0 Å². The summed E-state index contributed by atoms with van der Waals surface area (Å²) >= 11 is 11.5. The van der Waals surface area contributed by atoms with Crippen molar-refractivity contribution in [3.63, 3.8) is 0 Å². The summed E-state index contributed by atoms with van der Waals surface area (Å²) in [5.41, 5.74) is 0.204. The summed E-state index contributed by atoms with van der Waals surface area (Å²) in [6, 6.07) is 1.37. The van der Waals surface area contributed by atoms with Crippen LogP contribution in [0.4, 0.5) is 0 Å². The van der Waals surface area contributed by atoms with E-state index in [2.05, 4.69) is 4.98 Å². The van der Waals surface area contributed by atoms with Crippen molar-refractivity contribution in [2.75, 3.05) is 13.2 Å². The van der Waals surface area contributed by atoms with Gasteiger partial charge < -0.3 is 9.47 Å². The summed E-state index contributed by atoms with van der Waals surface area (Å²) in [6.07, 6.45) is 0.971. The summed E-state index contributed by atoms with van der Waals surface area (Å²) in [6.45, 7) is 4.53. The number of hydrogen-bond acceptors (Lipinski definition) is 4. The van der Waals surface area contributed by atoms with Crippen LogP contribution in [0.3, 0.4) is 0 Å². The highest BCUT2D eigenvalue weighted by molar-refractivity contribution is 6.34. The molecule has 1 atom stereocenters. The van der Waals surface area contributed by atoms with E-state index in [9.17, 15) is 4.79 Å². The van der Waals surface area contributed by atoms with E-state index in [1.54, 1.807) is 6.92 Å². The second kappa shape index (κ2) is 6.79. The van der Waals surface area contributed by atoms with Crippen LogP contribution in [0, 0.1) is 0 Å². The molecule has 0 saturated carbocycles. The maximum atomic E-state index is 11.7. The Morgan fingerprint density at radius 2 is 2.24 bits per heavy atom. The van der Waals surface area contributed by atoms with Crippen molar-refractivity contribution in [1.82, 2.24) is 4.98 Å². The van der Waals surface area contributed by atoms with Crippen LogP contribution in [0.15, 0.2) is 12.3 Å². The number of esters is 1. The van der Waals surface area contributed by atoms with Crippen LogP contribution in [-0.2, 0) is 9.47 Å². The number of carbonyl (C=O) groups excluding carboxylic acids is 1. The molecule has 0 spiro atoms. The highest BCUT2D eigenvalue weighted by Gasteiger charge is 2.16. The van der Waals surface area contributed by atoms with Crippen LogP contribution in [0.25, 0.3) is 0 Å². The molecule has 1 aromatic heterocycles. The molecule has 0 aromatic carbocycles. The number of rotatable bonds is 5. The predicted molar refractivity (Wildman–Crippen MR) is 65.6 cm³/mol. The molecule has 0 aliphatic heterocycles. The van der Waals surface area contributed by atoms with E-state index in [0.29, 0.717) is 13.2 Å². The normalized spacial score (nSPS) is 12.2. The number of ether oxygens (including phenoxy) is 2. The summed E-state index contributed by atoms with van der Waals surface area (Å²) in [7, 11) is 0. The average molecular weight is 278 g/mol. The fourth-order valence-corrected chi connectivity index (χ4v) is 1.47. The van der Waals surface area contributed by atoms with Crippen LogP contribution < -0.4 is 0 Å². The van der Waals surface area contributed by atoms with Gasteiger partial charge in [0.25, 0.3) is 0 Å². The van der Waals surface area contributed by atoms with Crippen molar-refractivity contribution in [1.29, 1.82) is 0 Å². The summed E-state index contributed by atoms with van der Waals surface area (Å²) in [5, 5.41) is 0.404. The fraction of sp³-hybridized carbons (Fsp3) is 0.455. The van der Waals surface area contributed by atoms with E-state index in [0.717, 1.165) is 0 Å². The quantitative estimate of drug-likeness (QED) is 0.613. The Labute approximate surface area is 110 Å². The Balaban J connectivity index is 2.66. The molecule has 1 rings (SSSR count). The lowest BCUT2D eigenvalue weighted by Crippen LogP contribution is -2.20. The Morgan fingerprint density at radius 3 is 2.88 bits per heavy atom. The Kier molecular flexibility index (Phi) is 5.68. The molecule has 0 saturated heterocycles. The molecule has 94 valence electrons. The molecular formula is C11H13Cl2NO3.